The highest BCUT2D eigenvalue weighted by atomic mass is 16.5. The summed E-state index contributed by atoms with van der Waals surface area (Å²) in [6.07, 6.45) is 0.0838. The number of carboxylic acids is 1. The Morgan fingerprint density at radius 1 is 0.893 bits per heavy atom. The highest BCUT2D eigenvalue weighted by Gasteiger charge is 2.15. The molecule has 0 atom stereocenters. The molecule has 0 bridgehead atoms. The predicted octanol–water partition coefficient (Wildman–Crippen LogP) is 5.09. The number of carboxylic acid groups (broad SMARTS) is 1. The average molecular weight is 375 g/mol. The van der Waals surface area contributed by atoms with Gasteiger partial charge in [-0.05, 0) is 61.4 Å². The third-order valence-corrected chi connectivity index (χ3v) is 4.09. The van der Waals surface area contributed by atoms with Crippen LogP contribution in [0.15, 0.2) is 72.8 Å². The van der Waals surface area contributed by atoms with Crippen molar-refractivity contribution < 1.29 is 19.4 Å². The number of benzene rings is 3. The van der Waals surface area contributed by atoms with E-state index in [9.17, 15) is 14.7 Å². The molecular weight excluding hydrogens is 354 g/mol. The van der Waals surface area contributed by atoms with Crippen molar-refractivity contribution in [3.63, 3.8) is 0 Å². The molecule has 0 aliphatic rings. The minimum atomic E-state index is -1.10. The largest absolute Gasteiger partial charge is 0.491 e. The van der Waals surface area contributed by atoms with Crippen LogP contribution in [0.3, 0.4) is 0 Å². The Kier molecular flexibility index (Phi) is 5.75. The second-order valence-electron chi connectivity index (χ2n) is 6.58. The summed E-state index contributed by atoms with van der Waals surface area (Å²) in [6, 6.07) is 21.1. The van der Waals surface area contributed by atoms with Crippen molar-refractivity contribution >= 4 is 17.6 Å². The number of carbonyl (C=O) groups excluding carboxylic acids is 1. The quantitative estimate of drug-likeness (QED) is 0.629. The number of nitrogens with one attached hydrogen (secondary N) is 1. The van der Waals surface area contributed by atoms with E-state index < -0.39 is 5.97 Å². The highest BCUT2D eigenvalue weighted by molar-refractivity contribution is 6.08. The number of ether oxygens (including phenoxy) is 1. The van der Waals surface area contributed by atoms with Gasteiger partial charge in [-0.15, -0.1) is 0 Å². The Hall–Kier alpha value is -3.60. The van der Waals surface area contributed by atoms with Crippen molar-refractivity contribution in [1.29, 1.82) is 0 Å². The fourth-order valence-electron chi connectivity index (χ4n) is 2.80. The molecule has 0 unspecified atom stereocenters. The summed E-state index contributed by atoms with van der Waals surface area (Å²) in [5, 5.41) is 12.2. The SMILES string of the molecule is CC(C)Oc1ccc(-c2ccc(C(=O)O)c(NC(=O)c3ccccc3)c2)cc1. The Labute approximate surface area is 163 Å². The molecule has 142 valence electrons. The second-order valence-corrected chi connectivity index (χ2v) is 6.58. The Balaban J connectivity index is 1.91. The van der Waals surface area contributed by atoms with Gasteiger partial charge in [0.05, 0.1) is 17.4 Å². The zero-order valence-corrected chi connectivity index (χ0v) is 15.7. The minimum absolute atomic E-state index is 0.0350. The highest BCUT2D eigenvalue weighted by Crippen LogP contribution is 2.28. The van der Waals surface area contributed by atoms with Crippen molar-refractivity contribution in [3.8, 4) is 16.9 Å². The topological polar surface area (TPSA) is 75.6 Å². The summed E-state index contributed by atoms with van der Waals surface area (Å²) in [4.78, 5) is 24.0. The van der Waals surface area contributed by atoms with Crippen LogP contribution in [0.4, 0.5) is 5.69 Å². The third kappa shape index (κ3) is 4.57. The van der Waals surface area contributed by atoms with Gasteiger partial charge in [0.15, 0.2) is 0 Å². The van der Waals surface area contributed by atoms with Crippen LogP contribution in [0, 0.1) is 0 Å². The van der Waals surface area contributed by atoms with Crippen LogP contribution < -0.4 is 10.1 Å². The minimum Gasteiger partial charge on any atom is -0.491 e. The Morgan fingerprint density at radius 3 is 2.14 bits per heavy atom. The van der Waals surface area contributed by atoms with E-state index >= 15 is 0 Å². The molecule has 0 saturated carbocycles. The number of rotatable bonds is 6. The van der Waals surface area contributed by atoms with E-state index in [1.807, 2.05) is 44.2 Å². The van der Waals surface area contributed by atoms with E-state index in [1.54, 1.807) is 36.4 Å². The van der Waals surface area contributed by atoms with Crippen molar-refractivity contribution in [2.75, 3.05) is 5.32 Å². The molecule has 0 aliphatic carbocycles. The zero-order valence-electron chi connectivity index (χ0n) is 15.7. The summed E-state index contributed by atoms with van der Waals surface area (Å²) >= 11 is 0. The van der Waals surface area contributed by atoms with Gasteiger partial charge in [0.2, 0.25) is 0 Å². The molecule has 0 aromatic heterocycles. The summed E-state index contributed by atoms with van der Waals surface area (Å²) in [7, 11) is 0. The number of hydrogen-bond donors (Lipinski definition) is 2. The molecule has 0 saturated heterocycles. The van der Waals surface area contributed by atoms with E-state index in [0.29, 0.717) is 5.56 Å². The maximum absolute atomic E-state index is 12.5. The van der Waals surface area contributed by atoms with E-state index in [1.165, 1.54) is 6.07 Å². The van der Waals surface area contributed by atoms with Crippen LogP contribution >= 0.6 is 0 Å². The number of amides is 1. The fourth-order valence-corrected chi connectivity index (χ4v) is 2.80. The molecule has 3 rings (SSSR count). The lowest BCUT2D eigenvalue weighted by Gasteiger charge is -2.12. The van der Waals surface area contributed by atoms with Gasteiger partial charge in [-0.1, -0.05) is 36.4 Å². The normalized spacial score (nSPS) is 10.5. The van der Waals surface area contributed by atoms with Crippen LogP contribution in [0.5, 0.6) is 5.75 Å². The summed E-state index contributed by atoms with van der Waals surface area (Å²) in [5.41, 5.74) is 2.43. The van der Waals surface area contributed by atoms with Gasteiger partial charge in [0, 0.05) is 5.56 Å². The van der Waals surface area contributed by atoms with Gasteiger partial charge in [0.1, 0.15) is 5.75 Å². The van der Waals surface area contributed by atoms with E-state index in [4.69, 9.17) is 4.74 Å². The molecule has 5 nitrogen and oxygen atoms in total. The van der Waals surface area contributed by atoms with Crippen LogP contribution in [-0.2, 0) is 0 Å². The van der Waals surface area contributed by atoms with Crippen molar-refractivity contribution in [1.82, 2.24) is 0 Å². The standard InChI is InChI=1S/C23H21NO4/c1-15(2)28-19-11-8-16(9-12-19)18-10-13-20(23(26)27)21(14-18)24-22(25)17-6-4-3-5-7-17/h3-15H,1-2H3,(H,24,25)(H,26,27). The number of carbonyl (C=O) groups is 2. The molecule has 5 heteroatoms. The maximum Gasteiger partial charge on any atom is 0.337 e. The van der Waals surface area contributed by atoms with Crippen LogP contribution in [0.1, 0.15) is 34.6 Å². The average Bonchev–Trinajstić information content (AvgIpc) is 2.68. The lowest BCUT2D eigenvalue weighted by atomic mass is 10.0. The van der Waals surface area contributed by atoms with E-state index in [0.717, 1.165) is 16.9 Å². The lowest BCUT2D eigenvalue weighted by Crippen LogP contribution is -2.14. The van der Waals surface area contributed by atoms with E-state index in [2.05, 4.69) is 5.32 Å². The Morgan fingerprint density at radius 2 is 1.54 bits per heavy atom. The molecular formula is C23H21NO4. The third-order valence-electron chi connectivity index (χ3n) is 4.09. The summed E-state index contributed by atoms with van der Waals surface area (Å²) in [6.45, 7) is 3.92. The first-order chi connectivity index (χ1) is 13.4. The molecule has 3 aromatic rings. The zero-order chi connectivity index (χ0) is 20.1. The molecule has 0 spiro atoms. The molecule has 2 N–H and O–H groups in total. The molecule has 0 aliphatic heterocycles. The Bertz CT molecular complexity index is 979. The van der Waals surface area contributed by atoms with E-state index in [-0.39, 0.29) is 23.3 Å². The summed E-state index contributed by atoms with van der Waals surface area (Å²) in [5.74, 6) is -0.699. The number of anilines is 1. The monoisotopic (exact) mass is 375 g/mol. The van der Waals surface area contributed by atoms with Gasteiger partial charge in [-0.3, -0.25) is 4.79 Å². The molecule has 28 heavy (non-hydrogen) atoms. The van der Waals surface area contributed by atoms with Gasteiger partial charge in [-0.25, -0.2) is 4.79 Å². The predicted molar refractivity (Wildman–Crippen MR) is 109 cm³/mol. The molecule has 3 aromatic carbocycles. The first kappa shape index (κ1) is 19.2. The van der Waals surface area contributed by atoms with Gasteiger partial charge in [-0.2, -0.15) is 0 Å². The molecule has 1 amide bonds. The lowest BCUT2D eigenvalue weighted by molar-refractivity contribution is 0.0698. The van der Waals surface area contributed by atoms with Gasteiger partial charge in [0.25, 0.3) is 5.91 Å². The first-order valence-electron chi connectivity index (χ1n) is 8.95. The fraction of sp³-hybridized carbons (Fsp3) is 0.130. The molecule has 0 heterocycles. The summed E-state index contributed by atoms with van der Waals surface area (Å²) < 4.78 is 5.65. The smallest absolute Gasteiger partial charge is 0.337 e. The molecule has 0 radical (unpaired) electrons. The number of hydrogen-bond acceptors (Lipinski definition) is 3. The van der Waals surface area contributed by atoms with Crippen molar-refractivity contribution in [2.45, 2.75) is 20.0 Å². The number of aromatic carboxylic acids is 1. The van der Waals surface area contributed by atoms with Crippen LogP contribution in [-0.4, -0.2) is 23.1 Å². The van der Waals surface area contributed by atoms with Gasteiger partial charge >= 0.3 is 5.97 Å². The van der Waals surface area contributed by atoms with Crippen LogP contribution in [0.2, 0.25) is 0 Å². The first-order valence-corrected chi connectivity index (χ1v) is 8.95. The van der Waals surface area contributed by atoms with Crippen molar-refractivity contribution in [3.05, 3.63) is 83.9 Å². The van der Waals surface area contributed by atoms with Crippen LogP contribution in [0.25, 0.3) is 11.1 Å². The van der Waals surface area contributed by atoms with Gasteiger partial charge < -0.3 is 15.2 Å². The maximum atomic E-state index is 12.5. The molecule has 0 fully saturated rings. The second kappa shape index (κ2) is 8.39. The van der Waals surface area contributed by atoms with Crippen molar-refractivity contribution in [2.24, 2.45) is 0 Å².